The molecule has 7 aromatic heterocycles. The van der Waals surface area contributed by atoms with Gasteiger partial charge in [-0.2, -0.15) is 0 Å². The van der Waals surface area contributed by atoms with Gasteiger partial charge in [0.1, 0.15) is 6.04 Å². The molecule has 14 N–H and O–H groups in total. The third-order valence-corrected chi connectivity index (χ3v) is 26.5. The number of benzene rings is 5. The molecule has 5 aromatic carbocycles. The Labute approximate surface area is 822 Å². The first-order valence-corrected chi connectivity index (χ1v) is 48.6. The molecule has 0 radical (unpaired) electrons. The average molecular weight is 1930 g/mol. The van der Waals surface area contributed by atoms with Crippen LogP contribution >= 0.6 is 0 Å². The minimum absolute atomic E-state index is 0.0178. The largest absolute Gasteiger partial charge is 0.370 e. The number of hydrogen-bond acceptors (Lipinski definition) is 21. The molecule has 744 valence electrons. The monoisotopic (exact) mass is 1930 g/mol. The molecule has 2 atom stereocenters. The number of hydrogen-bond donors (Lipinski definition) is 9. The van der Waals surface area contributed by atoms with Gasteiger partial charge in [-0.1, -0.05) is 83.1 Å². The molecule has 7 heterocycles. The zero-order valence-corrected chi connectivity index (χ0v) is 81.0. The van der Waals surface area contributed by atoms with Crippen LogP contribution in [0.5, 0.6) is 0 Å². The molecule has 12 amide bonds. The van der Waals surface area contributed by atoms with Gasteiger partial charge in [-0.25, -0.2) is 19.9 Å². The van der Waals surface area contributed by atoms with E-state index in [4.69, 9.17) is 28.7 Å². The maximum absolute atomic E-state index is 13.5. The molecule has 1 unspecified atom stereocenters. The standard InChI is InChI=1S/C28H32N6O4.C26H32N6O3.C25H31N7O3.C25H30N6O3/c1-3-16-33(22-7-5-4-6-8-22)27(37)20-11-14-24-23(18-20)30-28(34(24)17-15-25(29)35)31-26(36)19-9-12-21(13-10-19)32(2)38;1-31(20-9-3-2-4-10-20)25(35)18-12-13-22-21(16-18)29-26(32(22)15-6-5-11-23(27)33)30-24(34)19-8-7-14-28-17-19;1-2-31(18-8-4-3-5-9-18)24(35)16-10-11-21-20(13-16)29-25(32(21)15-19(26)22(27)33)30-23(34)17-7-6-12-28-14-17;1-16(13-22(26)32)31-21-11-10-17(24(34)30(2)19-8-4-3-5-9-19)14-20(21)28-25(31)29-23(33)18-7-6-12-27-15-18/h3,9-14,18,22H,1,4-8,15-17H2,2H3,(H2-,29,30,31,35,36);7-8,12-14,16-17,20H,2-6,9-11,15H2,1H3,(H2,27,33)(H,29,30,34);6-7,10-14,18-19H,2-5,8-9,15,26H2,1H3,(H2,27,33)(H,29,30,34);6-7,10-12,14-16,19H,3-5,8-9,13H2,1-2H3,(H2,26,32)(H,28,29,33)/p+1/t;;19-;/m..0./s1. The smallest absolute Gasteiger partial charge is 0.259 e. The average Bonchev–Trinajstić information content (AvgIpc) is 1.63. The molecule has 12 aromatic rings. The summed E-state index contributed by atoms with van der Waals surface area (Å²) in [5, 5.41) is 11.3. The predicted molar refractivity (Wildman–Crippen MR) is 541 cm³/mol. The molecule has 0 saturated heterocycles. The second-order valence-electron chi connectivity index (χ2n) is 36.4. The first kappa shape index (κ1) is 104. The summed E-state index contributed by atoms with van der Waals surface area (Å²) in [6.45, 7) is 9.54. The molecule has 142 heavy (non-hydrogen) atoms. The third-order valence-electron chi connectivity index (χ3n) is 26.5. The number of carbonyl (C=O) groups is 12. The fraction of sp³-hybridized carbons (Fsp3) is 0.394. The number of amides is 12. The van der Waals surface area contributed by atoms with Gasteiger partial charge in [-0.05, 0) is 199 Å². The van der Waals surface area contributed by atoms with Gasteiger partial charge in [0.2, 0.25) is 47.4 Å². The van der Waals surface area contributed by atoms with Gasteiger partial charge in [0.15, 0.2) is 7.05 Å². The van der Waals surface area contributed by atoms with Crippen molar-refractivity contribution in [1.82, 2.24) is 72.8 Å². The van der Waals surface area contributed by atoms with E-state index in [-0.39, 0.29) is 115 Å². The van der Waals surface area contributed by atoms with Gasteiger partial charge in [0.05, 0.1) is 67.4 Å². The number of rotatable bonds is 34. The highest BCUT2D eigenvalue weighted by Crippen LogP contribution is 2.35. The van der Waals surface area contributed by atoms with Crippen LogP contribution in [-0.2, 0) is 38.8 Å². The number of unbranched alkanes of at least 4 members (excludes halogenated alkanes) is 1. The Morgan fingerprint density at radius 2 is 0.789 bits per heavy atom. The van der Waals surface area contributed by atoms with Crippen molar-refractivity contribution in [2.24, 2.45) is 28.7 Å². The molecule has 0 bridgehead atoms. The van der Waals surface area contributed by atoms with Crippen LogP contribution in [0.25, 0.3) is 44.1 Å². The van der Waals surface area contributed by atoms with E-state index in [2.05, 4.69) is 62.7 Å². The van der Waals surface area contributed by atoms with E-state index in [1.165, 1.54) is 51.3 Å². The minimum atomic E-state index is -0.982. The van der Waals surface area contributed by atoms with Crippen LogP contribution in [0.1, 0.15) is 263 Å². The van der Waals surface area contributed by atoms with Crippen molar-refractivity contribution in [2.45, 2.75) is 230 Å². The van der Waals surface area contributed by atoms with Gasteiger partial charge < -0.3 is 66.5 Å². The minimum Gasteiger partial charge on any atom is -0.370 e. The number of nitrogens with two attached hydrogens (primary N) is 5. The summed E-state index contributed by atoms with van der Waals surface area (Å²) in [5.74, 6) is -2.56. The summed E-state index contributed by atoms with van der Waals surface area (Å²) in [5.41, 5.74) is 36.5. The SMILES string of the molecule is C=CCN(C(=O)c1ccc2c(c1)nc(NC(=O)c1ccc([N+](C)=O)cc1)n2CCC(N)=O)C1CCCCC1.CC(CC(N)=O)n1c(NC(=O)c2cccnc2)nc2cc(C(=O)N(C)C3CCCCC3)ccc21.CCN(C(=O)c1ccc2c(c1)nc(NC(=O)c1cccnc1)n2C[C@H](N)C(N)=O)C1CCCCC1.CN(C(=O)c1ccc2c(c1)nc(NC(=O)c1cccnc1)n2CCCCC(N)=O)C1CCCCC1. The van der Waals surface area contributed by atoms with Crippen LogP contribution in [0, 0.1) is 4.91 Å². The zero-order chi connectivity index (χ0) is 101. The van der Waals surface area contributed by atoms with Gasteiger partial charge >= 0.3 is 0 Å². The van der Waals surface area contributed by atoms with Crippen molar-refractivity contribution in [3.05, 3.63) is 233 Å². The fourth-order valence-electron chi connectivity index (χ4n) is 18.8. The lowest BCUT2D eigenvalue weighted by Gasteiger charge is -2.33. The molecular weight excluding hydrogens is 1810 g/mol. The Morgan fingerprint density at radius 1 is 0.430 bits per heavy atom. The number of aryl methyl sites for hydroxylation is 2. The van der Waals surface area contributed by atoms with Gasteiger partial charge in [0, 0.05) is 177 Å². The van der Waals surface area contributed by atoms with E-state index in [0.29, 0.717) is 138 Å². The van der Waals surface area contributed by atoms with Crippen LogP contribution in [0.15, 0.2) is 183 Å². The number of aromatic nitrogens is 11. The molecule has 4 aliphatic rings. The number of fused-ring (bicyclic) bond motifs is 4. The molecule has 0 aliphatic heterocycles. The normalized spacial score (nSPS) is 14.5. The highest BCUT2D eigenvalue weighted by Gasteiger charge is 2.33. The number of anilines is 4. The van der Waals surface area contributed by atoms with Crippen molar-refractivity contribution in [3.8, 4) is 0 Å². The lowest BCUT2D eigenvalue weighted by atomic mass is 9.93. The number of nitroso groups, excluding NO2 is 1. The van der Waals surface area contributed by atoms with Crippen LogP contribution in [-0.4, -0.2) is 213 Å². The summed E-state index contributed by atoms with van der Waals surface area (Å²) in [6, 6.07) is 37.1. The summed E-state index contributed by atoms with van der Waals surface area (Å²) >= 11 is 0. The van der Waals surface area contributed by atoms with Crippen LogP contribution < -0.4 is 49.9 Å². The Hall–Kier alpha value is -15.6. The third kappa shape index (κ3) is 26.5. The highest BCUT2D eigenvalue weighted by atomic mass is 16.3. The lowest BCUT2D eigenvalue weighted by molar-refractivity contribution is -0.428. The molecule has 16 rings (SSSR count). The number of pyridine rings is 3. The Balaban J connectivity index is 0.000000159. The Morgan fingerprint density at radius 3 is 1.18 bits per heavy atom. The molecule has 4 aliphatic carbocycles. The topological polar surface area (TPSA) is 526 Å². The number of imidazole rings is 4. The second-order valence-corrected chi connectivity index (χ2v) is 36.4. The van der Waals surface area contributed by atoms with Crippen molar-refractivity contribution >= 4 is 145 Å². The fourth-order valence-corrected chi connectivity index (χ4v) is 18.8. The first-order valence-electron chi connectivity index (χ1n) is 48.6. The maximum atomic E-state index is 13.5. The molecule has 4 saturated carbocycles. The molecule has 38 nitrogen and oxygen atoms in total. The van der Waals surface area contributed by atoms with E-state index in [1.807, 2.05) is 70.3 Å². The van der Waals surface area contributed by atoms with Crippen molar-refractivity contribution < 1.29 is 62.3 Å². The van der Waals surface area contributed by atoms with Gasteiger partial charge in [0.25, 0.3) is 52.9 Å². The van der Waals surface area contributed by atoms with Crippen LogP contribution in [0.2, 0.25) is 0 Å². The zero-order valence-electron chi connectivity index (χ0n) is 81.0. The van der Waals surface area contributed by atoms with E-state index in [9.17, 15) is 62.4 Å². The summed E-state index contributed by atoms with van der Waals surface area (Å²) < 4.78 is 7.71. The lowest BCUT2D eigenvalue weighted by Crippen LogP contribution is -2.41. The Bertz CT molecular complexity index is 6550. The summed E-state index contributed by atoms with van der Waals surface area (Å²) in [4.78, 5) is 200. The second kappa shape index (κ2) is 49.3. The van der Waals surface area contributed by atoms with E-state index >= 15 is 0 Å². The van der Waals surface area contributed by atoms with Crippen molar-refractivity contribution in [3.63, 3.8) is 0 Å². The van der Waals surface area contributed by atoms with Crippen molar-refractivity contribution in [2.75, 3.05) is 55.5 Å². The Kier molecular flexibility index (Phi) is 36.0. The van der Waals surface area contributed by atoms with Crippen LogP contribution in [0.3, 0.4) is 0 Å². The first-order chi connectivity index (χ1) is 68.4. The number of carbonyl (C=O) groups excluding carboxylic acids is 12. The quantitative estimate of drug-likeness (QED) is 0.0103. The number of nitrogens with one attached hydrogen (secondary N) is 4. The highest BCUT2D eigenvalue weighted by molar-refractivity contribution is 6.08. The van der Waals surface area contributed by atoms with E-state index in [1.54, 1.807) is 154 Å². The van der Waals surface area contributed by atoms with Gasteiger partial charge in [-0.3, -0.25) is 93.8 Å². The summed E-state index contributed by atoms with van der Waals surface area (Å²) in [7, 11) is 5.11. The number of nitrogens with zero attached hydrogens (tertiary/aromatic N) is 16. The van der Waals surface area contributed by atoms with Crippen molar-refractivity contribution in [1.29, 1.82) is 0 Å². The number of primary amides is 4. The molecule has 0 spiro atoms. The maximum Gasteiger partial charge on any atom is 0.259 e. The predicted octanol–water partition coefficient (Wildman–Crippen LogP) is 13.7. The van der Waals surface area contributed by atoms with Crippen LogP contribution in [0.4, 0.5) is 29.5 Å². The van der Waals surface area contributed by atoms with Gasteiger partial charge in [-0.15, -0.1) is 6.58 Å². The molecule has 38 heteroatoms. The van der Waals surface area contributed by atoms with E-state index in [0.717, 1.165) is 108 Å². The van der Waals surface area contributed by atoms with E-state index < -0.39 is 35.6 Å². The molecular formula is C104H126N25O13+. The molecule has 4 fully saturated rings. The summed E-state index contributed by atoms with van der Waals surface area (Å²) in [6.07, 6.45) is 34.7.